The zero-order valence-electron chi connectivity index (χ0n) is 15.5. The fourth-order valence-corrected chi connectivity index (χ4v) is 2.59. The van der Waals surface area contributed by atoms with E-state index in [9.17, 15) is 14.4 Å². The molecule has 2 aromatic carbocycles. The summed E-state index contributed by atoms with van der Waals surface area (Å²) in [7, 11) is 1.41. The minimum atomic E-state index is -0.649. The Labute approximate surface area is 161 Å². The first-order chi connectivity index (χ1) is 13.5. The average molecular weight is 378 g/mol. The molecular weight excluding hydrogens is 358 g/mol. The number of ketones is 1. The predicted octanol–water partition coefficient (Wildman–Crippen LogP) is 0.897. The molecule has 0 atom stereocenters. The van der Waals surface area contributed by atoms with Crippen LogP contribution in [0.25, 0.3) is 0 Å². The number of amides is 1. The Balaban J connectivity index is 1.94. The highest BCUT2D eigenvalue weighted by Gasteiger charge is 2.29. The van der Waals surface area contributed by atoms with Gasteiger partial charge in [0.05, 0.1) is 6.21 Å². The van der Waals surface area contributed by atoms with Gasteiger partial charge in [-0.1, -0.05) is 70.5 Å². The molecule has 1 amide bonds. The van der Waals surface area contributed by atoms with Crippen LogP contribution in [0.15, 0.2) is 64.5 Å². The monoisotopic (exact) mass is 378 g/mol. The fourth-order valence-electron chi connectivity index (χ4n) is 2.59. The third kappa shape index (κ3) is 4.12. The van der Waals surface area contributed by atoms with Crippen molar-refractivity contribution in [3.63, 3.8) is 0 Å². The maximum Gasteiger partial charge on any atom is 0.432 e. The molecular formula is C20H20N5O3+. The summed E-state index contributed by atoms with van der Waals surface area (Å²) in [5.41, 5.74) is 1.53. The molecule has 142 valence electrons. The molecule has 0 saturated heterocycles. The minimum Gasteiger partial charge on any atom is -0.352 e. The number of hydrogen-bond donors (Lipinski definition) is 2. The molecule has 0 spiro atoms. The molecule has 0 unspecified atom stereocenters. The van der Waals surface area contributed by atoms with Crippen molar-refractivity contribution in [2.24, 2.45) is 5.10 Å². The van der Waals surface area contributed by atoms with E-state index < -0.39 is 11.5 Å². The van der Waals surface area contributed by atoms with E-state index in [-0.39, 0.29) is 18.0 Å². The molecule has 0 aliphatic heterocycles. The molecule has 8 heteroatoms. The van der Waals surface area contributed by atoms with Crippen LogP contribution in [0.2, 0.25) is 0 Å². The van der Waals surface area contributed by atoms with Crippen molar-refractivity contribution in [2.75, 3.05) is 7.05 Å². The van der Waals surface area contributed by atoms with Crippen molar-refractivity contribution in [1.82, 2.24) is 15.3 Å². The van der Waals surface area contributed by atoms with E-state index in [1.165, 1.54) is 17.9 Å². The summed E-state index contributed by atoms with van der Waals surface area (Å²) in [5.74, 6) is -0.849. The normalized spacial score (nSPS) is 10.9. The van der Waals surface area contributed by atoms with Crippen molar-refractivity contribution < 1.29 is 14.3 Å². The van der Waals surface area contributed by atoms with Crippen LogP contribution in [-0.4, -0.2) is 35.0 Å². The van der Waals surface area contributed by atoms with Crippen LogP contribution in [0, 0.1) is 6.92 Å². The molecule has 0 fully saturated rings. The Kier molecular flexibility index (Phi) is 5.59. The van der Waals surface area contributed by atoms with Crippen LogP contribution >= 0.6 is 0 Å². The summed E-state index contributed by atoms with van der Waals surface area (Å²) in [5, 5.41) is 9.20. The molecule has 28 heavy (non-hydrogen) atoms. The Hall–Kier alpha value is -3.81. The molecule has 0 radical (unpaired) electrons. The number of aryl methyl sites for hydroxylation is 1. The van der Waals surface area contributed by atoms with E-state index in [0.717, 1.165) is 15.9 Å². The average Bonchev–Trinajstić information content (AvgIpc) is 3.02. The lowest BCUT2D eigenvalue weighted by molar-refractivity contribution is -0.744. The maximum atomic E-state index is 12.6. The third-order valence-electron chi connectivity index (χ3n) is 4.12. The van der Waals surface area contributed by atoms with Gasteiger partial charge in [0.2, 0.25) is 5.78 Å². The number of H-pyrrole nitrogens is 1. The highest BCUT2D eigenvalue weighted by Crippen LogP contribution is 2.01. The second-order valence-electron chi connectivity index (χ2n) is 6.18. The summed E-state index contributed by atoms with van der Waals surface area (Å²) in [6.45, 7) is 1.77. The largest absolute Gasteiger partial charge is 0.432 e. The van der Waals surface area contributed by atoms with Crippen molar-refractivity contribution in [3.05, 3.63) is 87.3 Å². The van der Waals surface area contributed by atoms with Gasteiger partial charge in [-0.15, -0.1) is 4.68 Å². The van der Waals surface area contributed by atoms with Gasteiger partial charge < -0.3 is 5.32 Å². The number of aromatic nitrogens is 3. The topological polar surface area (TPSA) is 100 Å². The Morgan fingerprint density at radius 3 is 2.46 bits per heavy atom. The van der Waals surface area contributed by atoms with Crippen LogP contribution in [-0.2, 0) is 6.54 Å². The number of benzene rings is 2. The second-order valence-corrected chi connectivity index (χ2v) is 6.18. The minimum absolute atomic E-state index is 0.199. The van der Waals surface area contributed by atoms with Gasteiger partial charge >= 0.3 is 17.2 Å². The maximum absolute atomic E-state index is 12.6. The lowest BCUT2D eigenvalue weighted by atomic mass is 10.1. The lowest BCUT2D eigenvalue weighted by Crippen LogP contribution is -2.48. The number of rotatable bonds is 6. The summed E-state index contributed by atoms with van der Waals surface area (Å²) in [6.07, 6.45) is 1.49. The first kappa shape index (κ1) is 19.0. The molecule has 8 nitrogen and oxygen atoms in total. The fraction of sp³-hybridized carbons (Fsp3) is 0.150. The standard InChI is InChI=1S/C20H19N5O3/c1-14-8-10-15(11-9-14)12-22-25-20(28)18(19(27)21-2)24(23-25)13-17(26)16-6-4-3-5-7-16/h3-12H,13H2,1-2H3,(H-,21,23,27,28)/p+1. The second kappa shape index (κ2) is 8.26. The highest BCUT2D eigenvalue weighted by atomic mass is 16.2. The molecule has 2 N–H and O–H groups in total. The van der Waals surface area contributed by atoms with Gasteiger partial charge in [-0.3, -0.25) is 9.59 Å². The Morgan fingerprint density at radius 1 is 1.14 bits per heavy atom. The van der Waals surface area contributed by atoms with Crippen molar-refractivity contribution in [3.8, 4) is 0 Å². The van der Waals surface area contributed by atoms with Gasteiger partial charge in [0.15, 0.2) is 6.54 Å². The van der Waals surface area contributed by atoms with Gasteiger partial charge in [0.1, 0.15) is 0 Å². The smallest absolute Gasteiger partial charge is 0.352 e. The molecule has 1 aromatic heterocycles. The van der Waals surface area contributed by atoms with Gasteiger partial charge in [-0.05, 0) is 12.5 Å². The summed E-state index contributed by atoms with van der Waals surface area (Å²) in [6, 6.07) is 16.2. The van der Waals surface area contributed by atoms with Crippen LogP contribution in [0.5, 0.6) is 0 Å². The van der Waals surface area contributed by atoms with Gasteiger partial charge in [0, 0.05) is 17.4 Å². The zero-order chi connectivity index (χ0) is 20.1. The van der Waals surface area contributed by atoms with Crippen molar-refractivity contribution >= 4 is 17.9 Å². The predicted molar refractivity (Wildman–Crippen MR) is 104 cm³/mol. The van der Waals surface area contributed by atoms with Crippen LogP contribution < -0.4 is 15.6 Å². The van der Waals surface area contributed by atoms with E-state index in [0.29, 0.717) is 5.56 Å². The Morgan fingerprint density at radius 2 is 1.82 bits per heavy atom. The number of carbonyl (C=O) groups is 2. The highest BCUT2D eigenvalue weighted by molar-refractivity contribution is 5.95. The van der Waals surface area contributed by atoms with E-state index >= 15 is 0 Å². The molecule has 3 rings (SSSR count). The van der Waals surface area contributed by atoms with Gasteiger partial charge in [-0.2, -0.15) is 0 Å². The molecule has 0 aliphatic carbocycles. The van der Waals surface area contributed by atoms with Crippen molar-refractivity contribution in [2.45, 2.75) is 13.5 Å². The van der Waals surface area contributed by atoms with Crippen LogP contribution in [0.3, 0.4) is 0 Å². The summed E-state index contributed by atoms with van der Waals surface area (Å²) < 4.78 is 1.20. The van der Waals surface area contributed by atoms with E-state index in [4.69, 9.17) is 0 Å². The number of nitrogens with zero attached hydrogens (tertiary/aromatic N) is 3. The Bertz CT molecular complexity index is 1080. The number of carbonyl (C=O) groups excluding carboxylic acids is 2. The van der Waals surface area contributed by atoms with E-state index in [1.807, 2.05) is 31.2 Å². The van der Waals surface area contributed by atoms with E-state index in [2.05, 4.69) is 15.6 Å². The summed E-state index contributed by atoms with van der Waals surface area (Å²) in [4.78, 5) is 38.2. The van der Waals surface area contributed by atoms with E-state index in [1.54, 1.807) is 30.3 Å². The summed E-state index contributed by atoms with van der Waals surface area (Å²) >= 11 is 0. The SMILES string of the molecule is CNC(=O)c1c(=O)n(N=Cc2ccc(C)cc2)[nH][n+]1CC(=O)c1ccccc1. The number of Topliss-reactive ketones (excluding diaryl/α,β-unsaturated/α-hetero) is 1. The molecule has 3 aromatic rings. The quantitative estimate of drug-likeness (QED) is 0.379. The van der Waals surface area contributed by atoms with Crippen LogP contribution in [0.4, 0.5) is 0 Å². The molecule has 0 bridgehead atoms. The molecule has 0 saturated carbocycles. The molecule has 1 heterocycles. The number of hydrogen-bond acceptors (Lipinski definition) is 4. The molecule has 0 aliphatic rings. The zero-order valence-corrected chi connectivity index (χ0v) is 15.5. The lowest BCUT2D eigenvalue weighted by Gasteiger charge is -1.99. The third-order valence-corrected chi connectivity index (χ3v) is 4.12. The number of aromatic amines is 1. The van der Waals surface area contributed by atoms with Gasteiger partial charge in [-0.25, -0.2) is 4.79 Å². The van der Waals surface area contributed by atoms with Crippen molar-refractivity contribution in [1.29, 1.82) is 0 Å². The first-order valence-corrected chi connectivity index (χ1v) is 8.66. The van der Waals surface area contributed by atoms with Crippen LogP contribution in [0.1, 0.15) is 32.0 Å². The first-order valence-electron chi connectivity index (χ1n) is 8.66. The van der Waals surface area contributed by atoms with Gasteiger partial charge in [0.25, 0.3) is 0 Å². The number of nitrogens with one attached hydrogen (secondary N) is 2.